The summed E-state index contributed by atoms with van der Waals surface area (Å²) in [7, 11) is 0. The van der Waals surface area contributed by atoms with E-state index in [1.807, 2.05) is 65.6 Å². The van der Waals surface area contributed by atoms with Crippen LogP contribution in [0.2, 0.25) is 0 Å². The number of rotatable bonds is 13. The van der Waals surface area contributed by atoms with Gasteiger partial charge in [0, 0.05) is 19.3 Å². The zero-order valence-corrected chi connectivity index (χ0v) is 30.3. The Bertz CT molecular complexity index is 1580. The molecule has 4 amide bonds. The Morgan fingerprint density at radius 2 is 1.54 bits per heavy atom. The predicted octanol–water partition coefficient (Wildman–Crippen LogP) is 5.31. The van der Waals surface area contributed by atoms with Crippen LogP contribution in [0, 0.1) is 11.8 Å². The molecule has 0 spiro atoms. The van der Waals surface area contributed by atoms with Crippen molar-refractivity contribution in [1.29, 1.82) is 0 Å². The van der Waals surface area contributed by atoms with Crippen LogP contribution in [0.1, 0.15) is 78.5 Å². The number of ether oxygens (including phenoxy) is 2. The Hall–Kier alpha value is -4.71. The maximum Gasteiger partial charge on any atom is 0.408 e. The van der Waals surface area contributed by atoms with E-state index < -0.39 is 41.1 Å². The van der Waals surface area contributed by atoms with E-state index in [-0.39, 0.29) is 24.9 Å². The van der Waals surface area contributed by atoms with Crippen LogP contribution in [0.5, 0.6) is 0 Å². The number of piperidine rings is 1. The molecule has 2 atom stereocenters. The molecule has 1 fully saturated rings. The maximum atomic E-state index is 14.0. The summed E-state index contributed by atoms with van der Waals surface area (Å²) in [5.74, 6) is 0.134. The van der Waals surface area contributed by atoms with Crippen molar-refractivity contribution in [2.45, 2.75) is 91.1 Å². The molecule has 1 aliphatic rings. The molecule has 50 heavy (non-hydrogen) atoms. The highest BCUT2D eigenvalue weighted by Crippen LogP contribution is 2.28. The lowest BCUT2D eigenvalue weighted by Gasteiger charge is -2.36. The minimum atomic E-state index is -1.42. The average molecular weight is 689 g/mol. The van der Waals surface area contributed by atoms with Crippen LogP contribution in [0.25, 0.3) is 0 Å². The second kappa shape index (κ2) is 16.8. The lowest BCUT2D eigenvalue weighted by Crippen LogP contribution is -2.59. The molecule has 1 saturated heterocycles. The molecule has 4 rings (SSSR count). The van der Waals surface area contributed by atoms with Gasteiger partial charge in [-0.15, -0.1) is 0 Å². The minimum Gasteiger partial charge on any atom is -0.444 e. The molecule has 12 nitrogen and oxygen atoms in total. The molecule has 3 N–H and O–H groups in total. The maximum absolute atomic E-state index is 14.0. The first-order valence-corrected chi connectivity index (χ1v) is 17.2. The van der Waals surface area contributed by atoms with E-state index in [9.17, 15) is 19.2 Å². The van der Waals surface area contributed by atoms with Gasteiger partial charge in [0.1, 0.15) is 23.2 Å². The average Bonchev–Trinajstić information content (AvgIpc) is 3.51. The number of aromatic nitrogens is 2. The molecule has 1 aliphatic heterocycles. The van der Waals surface area contributed by atoms with Crippen LogP contribution < -0.4 is 16.0 Å². The molecule has 1 unspecified atom stereocenters. The number of hydrogen-bond donors (Lipinski definition) is 3. The van der Waals surface area contributed by atoms with Gasteiger partial charge in [0.25, 0.3) is 5.91 Å². The molecular formula is C38H52N6O6. The number of hydrogen-bond acceptors (Lipinski definition) is 7. The molecule has 0 aliphatic carbocycles. The smallest absolute Gasteiger partial charge is 0.408 e. The van der Waals surface area contributed by atoms with Crippen LogP contribution in [-0.2, 0) is 30.5 Å². The summed E-state index contributed by atoms with van der Waals surface area (Å²) >= 11 is 0. The van der Waals surface area contributed by atoms with Crippen molar-refractivity contribution >= 4 is 29.6 Å². The van der Waals surface area contributed by atoms with Crippen molar-refractivity contribution in [3.63, 3.8) is 0 Å². The zero-order chi connectivity index (χ0) is 36.5. The monoisotopic (exact) mass is 688 g/mol. The number of carbonyl (C=O) groups is 4. The van der Waals surface area contributed by atoms with Crippen molar-refractivity contribution in [3.05, 3.63) is 84.3 Å². The van der Waals surface area contributed by atoms with Crippen molar-refractivity contribution in [2.75, 3.05) is 25.0 Å². The number of likely N-dealkylation sites (tertiary alicyclic amines) is 1. The number of anilines is 1. The second-order valence-corrected chi connectivity index (χ2v) is 14.7. The number of imidazole rings is 1. The minimum absolute atomic E-state index is 0.0344. The van der Waals surface area contributed by atoms with E-state index >= 15 is 0 Å². The van der Waals surface area contributed by atoms with Crippen LogP contribution in [0.3, 0.4) is 0 Å². The molecule has 12 heteroatoms. The third-order valence-corrected chi connectivity index (χ3v) is 8.69. The fraction of sp³-hybridized carbons (Fsp3) is 0.500. The normalized spacial score (nSPS) is 15.2. The highest BCUT2D eigenvalue weighted by atomic mass is 16.6. The van der Waals surface area contributed by atoms with Crippen LogP contribution in [0.15, 0.2) is 73.2 Å². The third-order valence-electron chi connectivity index (χ3n) is 8.69. The summed E-state index contributed by atoms with van der Waals surface area (Å²) in [5.41, 5.74) is -0.483. The first-order chi connectivity index (χ1) is 23.6. The van der Waals surface area contributed by atoms with Gasteiger partial charge < -0.3 is 34.9 Å². The Morgan fingerprint density at radius 1 is 0.920 bits per heavy atom. The Morgan fingerprint density at radius 3 is 2.14 bits per heavy atom. The van der Waals surface area contributed by atoms with E-state index in [2.05, 4.69) is 34.8 Å². The van der Waals surface area contributed by atoms with E-state index in [0.29, 0.717) is 24.9 Å². The van der Waals surface area contributed by atoms with Gasteiger partial charge in [0.15, 0.2) is 5.82 Å². The van der Waals surface area contributed by atoms with Crippen molar-refractivity contribution in [2.24, 2.45) is 11.8 Å². The summed E-state index contributed by atoms with van der Waals surface area (Å²) in [5, 5.41) is 8.07. The van der Waals surface area contributed by atoms with Gasteiger partial charge in [-0.05, 0) is 70.4 Å². The molecule has 0 radical (unpaired) electrons. The molecule has 270 valence electrons. The van der Waals surface area contributed by atoms with Gasteiger partial charge in [-0.25, -0.2) is 9.78 Å². The quantitative estimate of drug-likeness (QED) is 0.221. The fourth-order valence-corrected chi connectivity index (χ4v) is 5.80. The number of nitrogens with zero attached hydrogens (tertiary/aromatic N) is 3. The fourth-order valence-electron chi connectivity index (χ4n) is 5.80. The highest BCUT2D eigenvalue weighted by Gasteiger charge is 2.35. The lowest BCUT2D eigenvalue weighted by molar-refractivity contribution is -0.135. The van der Waals surface area contributed by atoms with Gasteiger partial charge in [0.2, 0.25) is 11.8 Å². The van der Waals surface area contributed by atoms with Gasteiger partial charge >= 0.3 is 6.09 Å². The van der Waals surface area contributed by atoms with Crippen LogP contribution >= 0.6 is 0 Å². The van der Waals surface area contributed by atoms with Crippen molar-refractivity contribution < 1.29 is 28.7 Å². The molecule has 2 heterocycles. The Kier molecular flexibility index (Phi) is 12.8. The molecule has 1 aromatic heterocycles. The highest BCUT2D eigenvalue weighted by molar-refractivity contribution is 5.98. The molecule has 0 bridgehead atoms. The van der Waals surface area contributed by atoms with Gasteiger partial charge in [-0.1, -0.05) is 74.5 Å². The van der Waals surface area contributed by atoms with E-state index in [1.165, 1.54) is 20.2 Å². The summed E-state index contributed by atoms with van der Waals surface area (Å²) < 4.78 is 12.9. The molecular weight excluding hydrogens is 636 g/mol. The zero-order valence-electron chi connectivity index (χ0n) is 30.3. The van der Waals surface area contributed by atoms with Crippen LogP contribution in [-0.4, -0.2) is 75.1 Å². The van der Waals surface area contributed by atoms with Crippen LogP contribution in [0.4, 0.5) is 10.6 Å². The first kappa shape index (κ1) is 38.1. The summed E-state index contributed by atoms with van der Waals surface area (Å²) in [6.45, 7) is 14.1. The molecule has 2 aromatic carbocycles. The van der Waals surface area contributed by atoms with Crippen molar-refractivity contribution in [1.82, 2.24) is 25.1 Å². The van der Waals surface area contributed by atoms with E-state index in [4.69, 9.17) is 9.47 Å². The Labute approximate surface area is 295 Å². The van der Waals surface area contributed by atoms with E-state index in [1.54, 1.807) is 31.5 Å². The molecule has 0 saturated carbocycles. The van der Waals surface area contributed by atoms with Gasteiger partial charge in [-0.2, -0.15) is 0 Å². The second-order valence-electron chi connectivity index (χ2n) is 14.7. The van der Waals surface area contributed by atoms with Crippen molar-refractivity contribution in [3.8, 4) is 0 Å². The summed E-state index contributed by atoms with van der Waals surface area (Å²) in [6.07, 6.45) is 4.29. The first-order valence-electron chi connectivity index (χ1n) is 17.2. The van der Waals surface area contributed by atoms with E-state index in [0.717, 1.165) is 24.0 Å². The number of benzene rings is 2. The SMILES string of the molecule is CC(C)C1CCN(C(=O)C(c2ccccc2)n2cnc(NC(=O)[C@@H](COCc3ccccc3)NC(=O)C(C)(C)NC(=O)OC(C)(C)C)c2)CC1. The van der Waals surface area contributed by atoms with Gasteiger partial charge in [0.05, 0.1) is 19.5 Å². The largest absolute Gasteiger partial charge is 0.444 e. The number of nitrogens with one attached hydrogen (secondary N) is 3. The number of alkyl carbamates (subject to hydrolysis) is 1. The molecule has 3 aromatic rings. The lowest BCUT2D eigenvalue weighted by atomic mass is 9.86. The summed E-state index contributed by atoms with van der Waals surface area (Å²) in [6, 6.07) is 17.1. The topological polar surface area (TPSA) is 144 Å². The number of amides is 4. The van der Waals surface area contributed by atoms with Gasteiger partial charge in [-0.3, -0.25) is 14.4 Å². The third kappa shape index (κ3) is 10.9. The number of carbonyl (C=O) groups excluding carboxylic acids is 4. The predicted molar refractivity (Wildman–Crippen MR) is 191 cm³/mol. The summed E-state index contributed by atoms with van der Waals surface area (Å²) in [4.78, 5) is 59.9. The Balaban J connectivity index is 1.50. The standard InChI is InChI=1S/C38H52N6O6/c1-26(2)28-18-20-43(21-19-28)34(46)32(29-16-12-9-13-17-29)44-22-31(39-25-44)41-33(45)30(24-49-23-27-14-10-8-11-15-27)40-35(47)38(6,7)42-36(48)50-37(3,4)5/h8-17,22,25-26,28,30,32H,18-21,23-24H2,1-7H3,(H,40,47)(H,41,45)(H,42,48)/t30-,32?/m1/s1.